The van der Waals surface area contributed by atoms with E-state index in [-0.39, 0.29) is 0 Å². The van der Waals surface area contributed by atoms with E-state index < -0.39 is 0 Å². The van der Waals surface area contributed by atoms with Crippen LogP contribution in [-0.2, 0) is 0 Å². The molecule has 0 saturated heterocycles. The van der Waals surface area contributed by atoms with Crippen LogP contribution in [0.1, 0.15) is 75.7 Å². The minimum absolute atomic E-state index is 0.366. The molecule has 0 spiro atoms. The van der Waals surface area contributed by atoms with E-state index in [1.54, 1.807) is 0 Å². The fourth-order valence-electron chi connectivity index (χ4n) is 2.31. The van der Waals surface area contributed by atoms with Gasteiger partial charge in [0.1, 0.15) is 0 Å². The smallest absolute Gasteiger partial charge is 0.0277 e. The van der Waals surface area contributed by atoms with E-state index in [1.807, 2.05) is 0 Å². The molecule has 0 fully saturated rings. The van der Waals surface area contributed by atoms with Gasteiger partial charge >= 0.3 is 0 Å². The van der Waals surface area contributed by atoms with E-state index >= 15 is 0 Å². The molecule has 0 heterocycles. The first-order valence-electron chi connectivity index (χ1n) is 6.88. The second kappa shape index (κ2) is 4.70. The molecule has 0 aromatic heterocycles. The number of rotatable bonds is 4. The third-order valence-corrected chi connectivity index (χ3v) is 5.97. The Labute approximate surface area is 104 Å². The molecule has 0 amide bonds. The quantitative estimate of drug-likeness (QED) is 0.571. The predicted octanol–water partition coefficient (Wildman–Crippen LogP) is 5.77. The molecule has 1 unspecified atom stereocenters. The zero-order chi connectivity index (χ0) is 13.4. The van der Waals surface area contributed by atoms with Gasteiger partial charge in [-0.05, 0) is 28.1 Å². The molecule has 0 aliphatic heterocycles. The van der Waals surface area contributed by atoms with Crippen molar-refractivity contribution in [3.63, 3.8) is 0 Å². The van der Waals surface area contributed by atoms with Gasteiger partial charge in [0.05, 0.1) is 0 Å². The SMILES string of the molecule is CCC(C)(C)[C@@H](C)C(C)C(C)(C)C(C)(C)C. The van der Waals surface area contributed by atoms with E-state index in [1.165, 1.54) is 6.42 Å². The van der Waals surface area contributed by atoms with Crippen molar-refractivity contribution in [3.05, 3.63) is 0 Å². The maximum absolute atomic E-state index is 2.44. The zero-order valence-corrected chi connectivity index (χ0v) is 13.4. The molecule has 0 heteroatoms. The fourth-order valence-corrected chi connectivity index (χ4v) is 2.31. The summed E-state index contributed by atoms with van der Waals surface area (Å²) in [5.74, 6) is 1.49. The highest BCUT2D eigenvalue weighted by Gasteiger charge is 2.43. The summed E-state index contributed by atoms with van der Waals surface area (Å²) in [6.45, 7) is 24.0. The lowest BCUT2D eigenvalue weighted by atomic mass is 9.56. The summed E-state index contributed by atoms with van der Waals surface area (Å²) in [6.07, 6.45) is 1.26. The number of hydrogen-bond donors (Lipinski definition) is 0. The molecule has 16 heavy (non-hydrogen) atoms. The van der Waals surface area contributed by atoms with Crippen LogP contribution in [0.3, 0.4) is 0 Å². The largest absolute Gasteiger partial charge is 0.0649 e. The highest BCUT2D eigenvalue weighted by molar-refractivity contribution is 4.92. The second-order valence-corrected chi connectivity index (χ2v) is 7.89. The highest BCUT2D eigenvalue weighted by atomic mass is 14.5. The number of hydrogen-bond acceptors (Lipinski definition) is 0. The summed E-state index contributed by atoms with van der Waals surface area (Å²) in [5, 5.41) is 0. The van der Waals surface area contributed by atoms with Gasteiger partial charge in [-0.15, -0.1) is 0 Å². The molecule has 0 aromatic rings. The molecule has 98 valence electrons. The van der Waals surface area contributed by atoms with Crippen molar-refractivity contribution in [2.75, 3.05) is 0 Å². The van der Waals surface area contributed by atoms with E-state index in [2.05, 4.69) is 69.2 Å². The molecule has 0 aliphatic rings. The van der Waals surface area contributed by atoms with Gasteiger partial charge in [-0.25, -0.2) is 0 Å². The van der Waals surface area contributed by atoms with Crippen LogP contribution in [0.15, 0.2) is 0 Å². The monoisotopic (exact) mass is 226 g/mol. The average molecular weight is 226 g/mol. The van der Waals surface area contributed by atoms with Crippen LogP contribution in [0.25, 0.3) is 0 Å². The Balaban J connectivity index is 5.01. The molecule has 0 aromatic carbocycles. The summed E-state index contributed by atoms with van der Waals surface area (Å²) in [6, 6.07) is 0. The lowest BCUT2D eigenvalue weighted by Crippen LogP contribution is -2.42. The summed E-state index contributed by atoms with van der Waals surface area (Å²) in [4.78, 5) is 0. The van der Waals surface area contributed by atoms with Crippen molar-refractivity contribution in [1.29, 1.82) is 0 Å². The van der Waals surface area contributed by atoms with E-state index in [0.29, 0.717) is 16.2 Å². The van der Waals surface area contributed by atoms with Gasteiger partial charge in [-0.3, -0.25) is 0 Å². The molecule has 2 atom stereocenters. The molecule has 0 rings (SSSR count). The highest BCUT2D eigenvalue weighted by Crippen LogP contribution is 2.50. The topological polar surface area (TPSA) is 0 Å². The Morgan fingerprint density at radius 3 is 1.38 bits per heavy atom. The normalized spacial score (nSPS) is 18.4. The van der Waals surface area contributed by atoms with Crippen LogP contribution >= 0.6 is 0 Å². The molecular formula is C16H34. The average Bonchev–Trinajstić information content (AvgIpc) is 2.13. The van der Waals surface area contributed by atoms with Gasteiger partial charge in [0.25, 0.3) is 0 Å². The molecule has 0 bridgehead atoms. The Hall–Kier alpha value is 0. The van der Waals surface area contributed by atoms with Gasteiger partial charge < -0.3 is 0 Å². The zero-order valence-electron chi connectivity index (χ0n) is 13.4. The lowest BCUT2D eigenvalue weighted by molar-refractivity contribution is -0.00417. The van der Waals surface area contributed by atoms with Gasteiger partial charge in [0, 0.05) is 0 Å². The lowest BCUT2D eigenvalue weighted by Gasteiger charge is -2.49. The summed E-state index contributed by atoms with van der Waals surface area (Å²) in [5.41, 5.74) is 1.19. The van der Waals surface area contributed by atoms with Gasteiger partial charge in [0.15, 0.2) is 0 Å². The Morgan fingerprint density at radius 2 is 1.12 bits per heavy atom. The van der Waals surface area contributed by atoms with Crippen LogP contribution in [0, 0.1) is 28.1 Å². The van der Waals surface area contributed by atoms with E-state index in [0.717, 1.165) is 11.8 Å². The molecule has 0 aliphatic carbocycles. The van der Waals surface area contributed by atoms with Crippen LogP contribution in [0.5, 0.6) is 0 Å². The predicted molar refractivity (Wildman–Crippen MR) is 75.6 cm³/mol. The molecule has 0 N–H and O–H groups in total. The van der Waals surface area contributed by atoms with Crippen molar-refractivity contribution in [3.8, 4) is 0 Å². The second-order valence-electron chi connectivity index (χ2n) is 7.89. The van der Waals surface area contributed by atoms with Gasteiger partial charge in [-0.2, -0.15) is 0 Å². The third-order valence-electron chi connectivity index (χ3n) is 5.97. The maximum Gasteiger partial charge on any atom is -0.0277 e. The standard InChI is InChI=1S/C16H34/c1-11-15(7,8)12(2)13(3)16(9,10)14(4,5)6/h12-13H,11H2,1-10H3/t12-,13?/m0/s1. The van der Waals surface area contributed by atoms with Crippen LogP contribution < -0.4 is 0 Å². The van der Waals surface area contributed by atoms with E-state index in [4.69, 9.17) is 0 Å². The van der Waals surface area contributed by atoms with Gasteiger partial charge in [-0.1, -0.05) is 75.7 Å². The summed E-state index contributed by atoms with van der Waals surface area (Å²) >= 11 is 0. The van der Waals surface area contributed by atoms with Crippen molar-refractivity contribution in [2.45, 2.75) is 75.7 Å². The summed E-state index contributed by atoms with van der Waals surface area (Å²) < 4.78 is 0. The first kappa shape index (κ1) is 16.0. The molecule has 0 saturated carbocycles. The van der Waals surface area contributed by atoms with Crippen LogP contribution in [0.4, 0.5) is 0 Å². The van der Waals surface area contributed by atoms with Crippen molar-refractivity contribution in [1.82, 2.24) is 0 Å². The molecule has 0 nitrogen and oxygen atoms in total. The first-order chi connectivity index (χ1) is 6.88. The van der Waals surface area contributed by atoms with Crippen molar-refractivity contribution in [2.24, 2.45) is 28.1 Å². The van der Waals surface area contributed by atoms with Crippen LogP contribution in [-0.4, -0.2) is 0 Å². The minimum atomic E-state index is 0.366. The fraction of sp³-hybridized carbons (Fsp3) is 1.00. The molecular weight excluding hydrogens is 192 g/mol. The molecule has 0 radical (unpaired) electrons. The van der Waals surface area contributed by atoms with Gasteiger partial charge in [0.2, 0.25) is 0 Å². The first-order valence-corrected chi connectivity index (χ1v) is 6.88. The minimum Gasteiger partial charge on any atom is -0.0649 e. The Bertz CT molecular complexity index is 215. The summed E-state index contributed by atoms with van der Waals surface area (Å²) in [7, 11) is 0. The third kappa shape index (κ3) is 3.02. The Morgan fingerprint density at radius 1 is 0.750 bits per heavy atom. The Kier molecular flexibility index (Phi) is 4.70. The maximum atomic E-state index is 2.44. The van der Waals surface area contributed by atoms with Crippen molar-refractivity contribution < 1.29 is 0 Å². The van der Waals surface area contributed by atoms with Crippen LogP contribution in [0.2, 0.25) is 0 Å². The van der Waals surface area contributed by atoms with E-state index in [9.17, 15) is 0 Å². The van der Waals surface area contributed by atoms with Crippen molar-refractivity contribution >= 4 is 0 Å².